The summed E-state index contributed by atoms with van der Waals surface area (Å²) in [6.07, 6.45) is 2.53. The van der Waals surface area contributed by atoms with Gasteiger partial charge in [-0.3, -0.25) is 4.84 Å². The molecule has 1 aliphatic carbocycles. The molecule has 4 rings (SSSR count). The summed E-state index contributed by atoms with van der Waals surface area (Å²) < 4.78 is 5.86. The van der Waals surface area contributed by atoms with Gasteiger partial charge in [-0.1, -0.05) is 35.9 Å². The topological polar surface area (TPSA) is 62.6 Å². The molecular weight excluding hydrogens is 388 g/mol. The van der Waals surface area contributed by atoms with Crippen LogP contribution < -0.4 is 0 Å². The van der Waals surface area contributed by atoms with Crippen molar-refractivity contribution in [2.45, 2.75) is 44.9 Å². The lowest BCUT2D eigenvalue weighted by Gasteiger charge is -2.38. The minimum Gasteiger partial charge on any atom is -0.458 e. The highest BCUT2D eigenvalue weighted by molar-refractivity contribution is 6.32. The SMILES string of the molecule is Cc1c(CN2OCCC3C(OC(=O)c4ccccc4)CCC32)ccc(C#N)c1Cl. The predicted octanol–water partition coefficient (Wildman–Crippen LogP) is 4.66. The number of hydrogen-bond acceptors (Lipinski definition) is 5. The fourth-order valence-electron chi connectivity index (χ4n) is 4.39. The largest absolute Gasteiger partial charge is 0.458 e. The summed E-state index contributed by atoms with van der Waals surface area (Å²) in [6, 6.07) is 15.1. The Labute approximate surface area is 175 Å². The lowest BCUT2D eigenvalue weighted by Crippen LogP contribution is -2.45. The molecule has 0 amide bonds. The van der Waals surface area contributed by atoms with Crippen LogP contribution in [-0.4, -0.2) is 29.8 Å². The van der Waals surface area contributed by atoms with Gasteiger partial charge in [-0.25, -0.2) is 4.79 Å². The van der Waals surface area contributed by atoms with Crippen LogP contribution in [0.4, 0.5) is 0 Å². The first-order valence-corrected chi connectivity index (χ1v) is 10.3. The van der Waals surface area contributed by atoms with Crippen molar-refractivity contribution in [1.29, 1.82) is 5.26 Å². The van der Waals surface area contributed by atoms with Crippen LogP contribution in [-0.2, 0) is 16.1 Å². The maximum absolute atomic E-state index is 12.5. The average molecular weight is 411 g/mol. The maximum Gasteiger partial charge on any atom is 0.338 e. The standard InChI is InChI=1S/C23H23ClN2O3/c1-15-18(8-7-17(13-25)22(15)24)14-26-20-9-10-21(19(20)11-12-28-26)29-23(27)16-5-3-2-4-6-16/h2-8,19-21H,9-12,14H2,1H3. The molecule has 1 heterocycles. The molecule has 3 atom stereocenters. The van der Waals surface area contributed by atoms with Crippen molar-refractivity contribution in [2.75, 3.05) is 6.61 Å². The zero-order valence-corrected chi connectivity index (χ0v) is 17.1. The van der Waals surface area contributed by atoms with Gasteiger partial charge in [-0.2, -0.15) is 10.3 Å². The molecular formula is C23H23ClN2O3. The molecule has 3 unspecified atom stereocenters. The van der Waals surface area contributed by atoms with Crippen molar-refractivity contribution in [3.8, 4) is 6.07 Å². The molecule has 0 aromatic heterocycles. The Hall–Kier alpha value is -2.39. The number of halogens is 1. The second-order valence-corrected chi connectivity index (χ2v) is 8.02. The molecule has 2 aromatic carbocycles. The number of nitrogens with zero attached hydrogens (tertiary/aromatic N) is 2. The van der Waals surface area contributed by atoms with Crippen molar-refractivity contribution < 1.29 is 14.4 Å². The van der Waals surface area contributed by atoms with E-state index in [-0.39, 0.29) is 24.0 Å². The van der Waals surface area contributed by atoms with E-state index in [1.165, 1.54) is 0 Å². The first-order chi connectivity index (χ1) is 14.1. The van der Waals surface area contributed by atoms with Gasteiger partial charge in [0.25, 0.3) is 0 Å². The van der Waals surface area contributed by atoms with Crippen LogP contribution in [0.5, 0.6) is 0 Å². The van der Waals surface area contributed by atoms with Crippen molar-refractivity contribution in [3.05, 3.63) is 69.7 Å². The van der Waals surface area contributed by atoms with Crippen LogP contribution in [0.25, 0.3) is 0 Å². The Balaban J connectivity index is 1.46. The number of carbonyl (C=O) groups excluding carboxylic acids is 1. The summed E-state index contributed by atoms with van der Waals surface area (Å²) in [5, 5.41) is 11.7. The van der Waals surface area contributed by atoms with Gasteiger partial charge in [0.05, 0.1) is 22.8 Å². The molecule has 0 bridgehead atoms. The first-order valence-electron chi connectivity index (χ1n) is 9.92. The van der Waals surface area contributed by atoms with Gasteiger partial charge in [0, 0.05) is 18.5 Å². The van der Waals surface area contributed by atoms with Crippen LogP contribution in [0, 0.1) is 24.2 Å². The van der Waals surface area contributed by atoms with Crippen molar-refractivity contribution in [1.82, 2.24) is 5.06 Å². The third-order valence-electron chi connectivity index (χ3n) is 6.01. The Morgan fingerprint density at radius 3 is 2.79 bits per heavy atom. The lowest BCUT2D eigenvalue weighted by molar-refractivity contribution is -0.233. The Kier molecular flexibility index (Phi) is 5.86. The highest BCUT2D eigenvalue weighted by Crippen LogP contribution is 2.39. The van der Waals surface area contributed by atoms with E-state index < -0.39 is 0 Å². The number of rotatable bonds is 4. The Bertz CT molecular complexity index is 941. The molecule has 2 aromatic rings. The number of ether oxygens (including phenoxy) is 1. The fraction of sp³-hybridized carbons (Fsp3) is 0.391. The lowest BCUT2D eigenvalue weighted by atomic mass is 9.95. The predicted molar refractivity (Wildman–Crippen MR) is 109 cm³/mol. The van der Waals surface area contributed by atoms with Gasteiger partial charge in [0.15, 0.2) is 0 Å². The molecule has 0 N–H and O–H groups in total. The van der Waals surface area contributed by atoms with Gasteiger partial charge in [0.2, 0.25) is 0 Å². The Morgan fingerprint density at radius 1 is 1.24 bits per heavy atom. The van der Waals surface area contributed by atoms with Crippen LogP contribution in [0.15, 0.2) is 42.5 Å². The molecule has 5 nitrogen and oxygen atoms in total. The minimum absolute atomic E-state index is 0.0928. The summed E-state index contributed by atoms with van der Waals surface area (Å²) in [4.78, 5) is 18.5. The van der Waals surface area contributed by atoms with E-state index in [9.17, 15) is 4.79 Å². The zero-order valence-electron chi connectivity index (χ0n) is 16.3. The molecule has 6 heteroatoms. The summed E-state index contributed by atoms with van der Waals surface area (Å²) in [6.45, 7) is 3.13. The van der Waals surface area contributed by atoms with E-state index in [2.05, 4.69) is 6.07 Å². The summed E-state index contributed by atoms with van der Waals surface area (Å²) in [7, 11) is 0. The van der Waals surface area contributed by atoms with Crippen LogP contribution in [0.3, 0.4) is 0 Å². The number of fused-ring (bicyclic) bond motifs is 1. The fourth-order valence-corrected chi connectivity index (χ4v) is 4.61. The summed E-state index contributed by atoms with van der Waals surface area (Å²) in [5.41, 5.74) is 3.02. The molecule has 29 heavy (non-hydrogen) atoms. The second kappa shape index (κ2) is 8.54. The van der Waals surface area contributed by atoms with E-state index in [0.717, 1.165) is 30.4 Å². The van der Waals surface area contributed by atoms with E-state index in [1.54, 1.807) is 18.2 Å². The van der Waals surface area contributed by atoms with Gasteiger partial charge < -0.3 is 4.74 Å². The summed E-state index contributed by atoms with van der Waals surface area (Å²) >= 11 is 6.33. The molecule has 1 saturated heterocycles. The highest BCUT2D eigenvalue weighted by Gasteiger charge is 2.44. The number of nitriles is 1. The van der Waals surface area contributed by atoms with Gasteiger partial charge in [0.1, 0.15) is 12.2 Å². The number of esters is 1. The average Bonchev–Trinajstić information content (AvgIpc) is 3.16. The normalized spacial score (nSPS) is 24.0. The van der Waals surface area contributed by atoms with Gasteiger partial charge >= 0.3 is 5.97 Å². The molecule has 2 aliphatic rings. The smallest absolute Gasteiger partial charge is 0.338 e. The van der Waals surface area contributed by atoms with Gasteiger partial charge in [-0.05, 0) is 55.5 Å². The molecule has 1 aliphatic heterocycles. The number of benzene rings is 2. The Morgan fingerprint density at radius 2 is 2.03 bits per heavy atom. The monoisotopic (exact) mass is 410 g/mol. The number of hydrogen-bond donors (Lipinski definition) is 0. The molecule has 0 spiro atoms. The molecule has 1 saturated carbocycles. The van der Waals surface area contributed by atoms with Gasteiger partial charge in [-0.15, -0.1) is 0 Å². The number of carbonyl (C=O) groups is 1. The third kappa shape index (κ3) is 4.02. The van der Waals surface area contributed by atoms with Crippen molar-refractivity contribution in [3.63, 3.8) is 0 Å². The third-order valence-corrected chi connectivity index (χ3v) is 6.50. The highest BCUT2D eigenvalue weighted by atomic mass is 35.5. The van der Waals surface area contributed by atoms with Crippen LogP contribution in [0.1, 0.15) is 46.3 Å². The number of hydroxylamine groups is 2. The molecule has 2 fully saturated rings. The summed E-state index contributed by atoms with van der Waals surface area (Å²) in [5.74, 6) is -0.00502. The maximum atomic E-state index is 12.5. The van der Waals surface area contributed by atoms with E-state index >= 15 is 0 Å². The zero-order chi connectivity index (χ0) is 20.4. The van der Waals surface area contributed by atoms with E-state index in [4.69, 9.17) is 26.4 Å². The van der Waals surface area contributed by atoms with Crippen LogP contribution in [0.2, 0.25) is 5.02 Å². The van der Waals surface area contributed by atoms with Crippen LogP contribution >= 0.6 is 11.6 Å². The van der Waals surface area contributed by atoms with Crippen molar-refractivity contribution in [2.24, 2.45) is 5.92 Å². The minimum atomic E-state index is -0.260. The van der Waals surface area contributed by atoms with E-state index in [1.807, 2.05) is 36.3 Å². The second-order valence-electron chi connectivity index (χ2n) is 7.64. The quantitative estimate of drug-likeness (QED) is 0.686. The van der Waals surface area contributed by atoms with Crippen molar-refractivity contribution >= 4 is 17.6 Å². The first kappa shape index (κ1) is 19.9. The molecule has 0 radical (unpaired) electrons. The van der Waals surface area contributed by atoms with E-state index in [0.29, 0.717) is 29.3 Å². The molecule has 150 valence electrons.